The third-order valence-electron chi connectivity index (χ3n) is 2.28. The Morgan fingerprint density at radius 3 is 2.82 bits per heavy atom. The Balaban J connectivity index is 2.44. The maximum atomic E-state index is 9.09. The van der Waals surface area contributed by atoms with Crippen LogP contribution >= 0.6 is 0 Å². The summed E-state index contributed by atoms with van der Waals surface area (Å²) < 4.78 is 5.07. The standard InChI is InChI=1S/C12H9N3O2/c13-8-10-11(6-7-14-16)17-15-12(10)9-4-2-1-3-5-9/h1-5,7,16H,6H2/b14-7+. The molecule has 84 valence electrons. The summed E-state index contributed by atoms with van der Waals surface area (Å²) in [6.45, 7) is 0. The van der Waals surface area contributed by atoms with Gasteiger partial charge in [0.25, 0.3) is 0 Å². The molecule has 0 spiro atoms. The zero-order valence-corrected chi connectivity index (χ0v) is 8.87. The quantitative estimate of drug-likeness (QED) is 0.495. The number of hydrogen-bond acceptors (Lipinski definition) is 5. The van der Waals surface area contributed by atoms with Gasteiger partial charge in [0.2, 0.25) is 0 Å². The molecule has 0 aliphatic carbocycles. The van der Waals surface area contributed by atoms with Crippen molar-refractivity contribution in [3.8, 4) is 17.3 Å². The van der Waals surface area contributed by atoms with Gasteiger partial charge in [-0.15, -0.1) is 5.16 Å². The highest BCUT2D eigenvalue weighted by atomic mass is 16.5. The van der Waals surface area contributed by atoms with Gasteiger partial charge in [0.15, 0.2) is 5.76 Å². The van der Waals surface area contributed by atoms with Crippen molar-refractivity contribution in [2.24, 2.45) is 5.16 Å². The number of oxime groups is 1. The number of benzene rings is 1. The van der Waals surface area contributed by atoms with E-state index in [4.69, 9.17) is 15.0 Å². The molecule has 0 aliphatic heterocycles. The van der Waals surface area contributed by atoms with Crippen molar-refractivity contribution in [3.05, 3.63) is 41.7 Å². The van der Waals surface area contributed by atoms with Crippen LogP contribution in [0, 0.1) is 11.3 Å². The first-order valence-electron chi connectivity index (χ1n) is 4.96. The van der Waals surface area contributed by atoms with Crippen molar-refractivity contribution in [1.29, 1.82) is 5.26 Å². The Kier molecular flexibility index (Phi) is 3.17. The lowest BCUT2D eigenvalue weighted by Gasteiger charge is -1.94. The number of nitrogens with zero attached hydrogens (tertiary/aromatic N) is 3. The summed E-state index contributed by atoms with van der Waals surface area (Å²) in [4.78, 5) is 0. The van der Waals surface area contributed by atoms with Gasteiger partial charge >= 0.3 is 0 Å². The van der Waals surface area contributed by atoms with E-state index in [1.54, 1.807) is 0 Å². The minimum atomic E-state index is 0.235. The molecule has 1 aromatic carbocycles. The van der Waals surface area contributed by atoms with Crippen LogP contribution in [0.15, 0.2) is 40.0 Å². The molecule has 2 rings (SSSR count). The topological polar surface area (TPSA) is 82.4 Å². The van der Waals surface area contributed by atoms with Crippen molar-refractivity contribution in [1.82, 2.24) is 5.16 Å². The number of aromatic nitrogens is 1. The fourth-order valence-corrected chi connectivity index (χ4v) is 1.50. The largest absolute Gasteiger partial charge is 0.411 e. The van der Waals surface area contributed by atoms with Crippen LogP contribution in [0.1, 0.15) is 11.3 Å². The van der Waals surface area contributed by atoms with Gasteiger partial charge in [-0.05, 0) is 0 Å². The molecule has 0 saturated heterocycles. The number of hydrogen-bond donors (Lipinski definition) is 1. The lowest BCUT2D eigenvalue weighted by Crippen LogP contribution is -1.88. The molecule has 0 saturated carbocycles. The van der Waals surface area contributed by atoms with Crippen molar-refractivity contribution >= 4 is 6.21 Å². The predicted molar refractivity (Wildman–Crippen MR) is 60.6 cm³/mol. The molecule has 0 unspecified atom stereocenters. The van der Waals surface area contributed by atoms with Crippen LogP contribution in [0.5, 0.6) is 0 Å². The Morgan fingerprint density at radius 2 is 2.18 bits per heavy atom. The smallest absolute Gasteiger partial charge is 0.160 e. The Labute approximate surface area is 97.6 Å². The molecule has 0 radical (unpaired) electrons. The molecular formula is C12H9N3O2. The Hall–Kier alpha value is -2.61. The van der Waals surface area contributed by atoms with Gasteiger partial charge in [0, 0.05) is 12.0 Å². The molecule has 0 fully saturated rings. The van der Waals surface area contributed by atoms with Crippen LogP contribution in [0.3, 0.4) is 0 Å². The van der Waals surface area contributed by atoms with E-state index in [9.17, 15) is 0 Å². The van der Waals surface area contributed by atoms with E-state index in [1.165, 1.54) is 6.21 Å². The van der Waals surface area contributed by atoms with Crippen molar-refractivity contribution in [2.75, 3.05) is 0 Å². The van der Waals surface area contributed by atoms with Crippen LogP contribution in [-0.2, 0) is 6.42 Å². The molecule has 0 aliphatic rings. The summed E-state index contributed by atoms with van der Waals surface area (Å²) in [6.07, 6.45) is 1.48. The van der Waals surface area contributed by atoms with E-state index in [0.29, 0.717) is 17.0 Å². The number of nitriles is 1. The van der Waals surface area contributed by atoms with Gasteiger partial charge in [0.05, 0.1) is 6.21 Å². The molecule has 0 bridgehead atoms. The van der Waals surface area contributed by atoms with Gasteiger partial charge in [-0.2, -0.15) is 5.26 Å². The van der Waals surface area contributed by atoms with E-state index in [1.807, 2.05) is 30.3 Å². The second-order valence-electron chi connectivity index (χ2n) is 3.31. The third-order valence-corrected chi connectivity index (χ3v) is 2.28. The molecule has 2 aromatic rings. The van der Waals surface area contributed by atoms with Crippen molar-refractivity contribution in [3.63, 3.8) is 0 Å². The second kappa shape index (κ2) is 4.94. The number of rotatable bonds is 3. The summed E-state index contributed by atoms with van der Waals surface area (Å²) in [6, 6.07) is 11.4. The molecule has 1 N–H and O–H groups in total. The van der Waals surface area contributed by atoms with Gasteiger partial charge in [-0.25, -0.2) is 0 Å². The minimum absolute atomic E-state index is 0.235. The first kappa shape index (κ1) is 10.9. The van der Waals surface area contributed by atoms with Crippen LogP contribution in [0.2, 0.25) is 0 Å². The van der Waals surface area contributed by atoms with Crippen LogP contribution < -0.4 is 0 Å². The molecule has 0 atom stereocenters. The lowest BCUT2D eigenvalue weighted by molar-refractivity contribution is 0.319. The molecule has 5 nitrogen and oxygen atoms in total. The van der Waals surface area contributed by atoms with Crippen LogP contribution in [0.4, 0.5) is 0 Å². The van der Waals surface area contributed by atoms with E-state index in [2.05, 4.69) is 16.4 Å². The minimum Gasteiger partial charge on any atom is -0.411 e. The van der Waals surface area contributed by atoms with Gasteiger partial charge in [-0.1, -0.05) is 35.5 Å². The fourth-order valence-electron chi connectivity index (χ4n) is 1.50. The summed E-state index contributed by atoms with van der Waals surface area (Å²) >= 11 is 0. The predicted octanol–water partition coefficient (Wildman–Crippen LogP) is 2.22. The highest BCUT2D eigenvalue weighted by molar-refractivity contribution is 5.69. The fraction of sp³-hybridized carbons (Fsp3) is 0.0833. The maximum absolute atomic E-state index is 9.09. The van der Waals surface area contributed by atoms with Crippen molar-refractivity contribution in [2.45, 2.75) is 6.42 Å². The SMILES string of the molecule is N#Cc1c(-c2ccccc2)noc1C/C=N/O. The monoisotopic (exact) mass is 227 g/mol. The Morgan fingerprint density at radius 1 is 1.41 bits per heavy atom. The molecule has 0 amide bonds. The summed E-state index contributed by atoms with van der Waals surface area (Å²) in [7, 11) is 0. The molecule has 1 heterocycles. The first-order valence-corrected chi connectivity index (χ1v) is 4.96. The third kappa shape index (κ3) is 2.16. The summed E-state index contributed by atoms with van der Waals surface area (Å²) in [5.74, 6) is 0.393. The molecular weight excluding hydrogens is 218 g/mol. The second-order valence-corrected chi connectivity index (χ2v) is 3.31. The average molecular weight is 227 g/mol. The summed E-state index contributed by atoms with van der Waals surface area (Å²) in [5, 5.41) is 24.2. The maximum Gasteiger partial charge on any atom is 0.160 e. The van der Waals surface area contributed by atoms with E-state index >= 15 is 0 Å². The van der Waals surface area contributed by atoms with E-state index < -0.39 is 0 Å². The molecule has 17 heavy (non-hydrogen) atoms. The zero-order valence-electron chi connectivity index (χ0n) is 8.87. The highest BCUT2D eigenvalue weighted by Gasteiger charge is 2.16. The van der Waals surface area contributed by atoms with Gasteiger partial charge in [-0.3, -0.25) is 0 Å². The highest BCUT2D eigenvalue weighted by Crippen LogP contribution is 2.24. The van der Waals surface area contributed by atoms with E-state index in [0.717, 1.165) is 5.56 Å². The average Bonchev–Trinajstić information content (AvgIpc) is 2.80. The summed E-state index contributed by atoms with van der Waals surface area (Å²) in [5.41, 5.74) is 1.70. The normalized spacial score (nSPS) is 10.5. The lowest BCUT2D eigenvalue weighted by atomic mass is 10.1. The zero-order chi connectivity index (χ0) is 12.1. The van der Waals surface area contributed by atoms with Crippen LogP contribution in [-0.4, -0.2) is 16.6 Å². The van der Waals surface area contributed by atoms with E-state index in [-0.39, 0.29) is 6.42 Å². The van der Waals surface area contributed by atoms with Gasteiger partial charge < -0.3 is 9.73 Å². The first-order chi connectivity index (χ1) is 8.36. The molecule has 1 aromatic heterocycles. The molecule has 5 heteroatoms. The van der Waals surface area contributed by atoms with Crippen LogP contribution in [0.25, 0.3) is 11.3 Å². The Bertz CT molecular complexity index is 567. The van der Waals surface area contributed by atoms with Crippen molar-refractivity contribution < 1.29 is 9.73 Å². The van der Waals surface area contributed by atoms with Gasteiger partial charge in [0.1, 0.15) is 17.3 Å².